The molecule has 0 saturated heterocycles. The third kappa shape index (κ3) is 3.40. The number of benzene rings is 1. The Labute approximate surface area is 136 Å². The average Bonchev–Trinajstić information content (AvgIpc) is 3.10. The molecule has 0 aromatic heterocycles. The van der Waals surface area contributed by atoms with Gasteiger partial charge in [0.1, 0.15) is 0 Å². The van der Waals surface area contributed by atoms with E-state index in [-0.39, 0.29) is 5.97 Å². The van der Waals surface area contributed by atoms with Gasteiger partial charge in [0.2, 0.25) is 0 Å². The maximum absolute atomic E-state index is 11.7. The zero-order valence-electron chi connectivity index (χ0n) is 12.8. The summed E-state index contributed by atoms with van der Waals surface area (Å²) in [6.45, 7) is 2.18. The first-order valence-corrected chi connectivity index (χ1v) is 8.41. The summed E-state index contributed by atoms with van der Waals surface area (Å²) in [4.78, 5) is 11.7. The van der Waals surface area contributed by atoms with Crippen LogP contribution < -0.4 is 10.6 Å². The Hall–Kier alpha value is -1.62. The topological polar surface area (TPSA) is 50.4 Å². The minimum Gasteiger partial charge on any atom is -0.462 e. The maximum Gasteiger partial charge on any atom is 0.338 e. The highest BCUT2D eigenvalue weighted by Gasteiger charge is 2.39. The van der Waals surface area contributed by atoms with Gasteiger partial charge in [-0.25, -0.2) is 4.79 Å². The molecule has 0 amide bonds. The van der Waals surface area contributed by atoms with Crippen LogP contribution in [0.5, 0.6) is 0 Å². The predicted molar refractivity (Wildman–Crippen MR) is 91.0 cm³/mol. The van der Waals surface area contributed by atoms with E-state index in [0.29, 0.717) is 23.3 Å². The second-order valence-electron chi connectivity index (χ2n) is 6.18. The van der Waals surface area contributed by atoms with Crippen molar-refractivity contribution in [2.45, 2.75) is 38.6 Å². The molecule has 0 spiro atoms. The second-order valence-corrected chi connectivity index (χ2v) is 6.59. The first kappa shape index (κ1) is 15.3. The lowest BCUT2D eigenvalue weighted by Gasteiger charge is -2.24. The number of thiocarbonyl (C=S) groups is 1. The van der Waals surface area contributed by atoms with Crippen molar-refractivity contribution >= 4 is 29.0 Å². The lowest BCUT2D eigenvalue weighted by atomic mass is 9.96. The molecule has 1 aromatic rings. The highest BCUT2D eigenvalue weighted by atomic mass is 32.1. The van der Waals surface area contributed by atoms with E-state index >= 15 is 0 Å². The van der Waals surface area contributed by atoms with Gasteiger partial charge in [-0.05, 0) is 68.4 Å². The van der Waals surface area contributed by atoms with E-state index in [1.165, 1.54) is 25.7 Å². The SMILES string of the molecule is CCOC(=O)c1cccc(NC(=S)N[C@@H]2C[C@@H]3CC[C@@H]2C3)c1. The smallest absolute Gasteiger partial charge is 0.338 e. The van der Waals surface area contributed by atoms with Crippen molar-refractivity contribution < 1.29 is 9.53 Å². The van der Waals surface area contributed by atoms with Crippen LogP contribution in [0.2, 0.25) is 0 Å². The Balaban J connectivity index is 1.57. The number of hydrogen-bond acceptors (Lipinski definition) is 3. The number of hydrogen-bond donors (Lipinski definition) is 2. The van der Waals surface area contributed by atoms with E-state index < -0.39 is 0 Å². The normalized spacial score (nSPS) is 25.8. The monoisotopic (exact) mass is 318 g/mol. The fraction of sp³-hybridized carbons (Fsp3) is 0.529. The van der Waals surface area contributed by atoms with E-state index in [9.17, 15) is 4.79 Å². The van der Waals surface area contributed by atoms with Crippen molar-refractivity contribution in [1.29, 1.82) is 0 Å². The molecule has 2 N–H and O–H groups in total. The van der Waals surface area contributed by atoms with Gasteiger partial charge in [0.05, 0.1) is 12.2 Å². The predicted octanol–water partition coefficient (Wildman–Crippen LogP) is 3.34. The molecule has 2 bridgehead atoms. The molecule has 0 unspecified atom stereocenters. The Bertz CT molecular complexity index is 576. The van der Waals surface area contributed by atoms with Gasteiger partial charge in [-0.1, -0.05) is 12.5 Å². The Morgan fingerprint density at radius 2 is 2.23 bits per heavy atom. The highest BCUT2D eigenvalue weighted by molar-refractivity contribution is 7.80. The number of ether oxygens (including phenoxy) is 1. The summed E-state index contributed by atoms with van der Waals surface area (Å²) in [6, 6.07) is 7.75. The summed E-state index contributed by atoms with van der Waals surface area (Å²) in [6.07, 6.45) is 5.28. The number of rotatable bonds is 4. The van der Waals surface area contributed by atoms with Crippen LogP contribution in [0.15, 0.2) is 24.3 Å². The molecule has 2 aliphatic carbocycles. The fourth-order valence-electron chi connectivity index (χ4n) is 3.70. The van der Waals surface area contributed by atoms with E-state index in [4.69, 9.17) is 17.0 Å². The lowest BCUT2D eigenvalue weighted by Crippen LogP contribution is -2.40. The molecule has 5 heteroatoms. The summed E-state index contributed by atoms with van der Waals surface area (Å²) < 4.78 is 5.01. The van der Waals surface area contributed by atoms with Crippen molar-refractivity contribution in [2.75, 3.05) is 11.9 Å². The molecule has 3 rings (SSSR count). The molecule has 118 valence electrons. The number of carbonyl (C=O) groups excluding carboxylic acids is 1. The van der Waals surface area contributed by atoms with E-state index in [1.54, 1.807) is 19.1 Å². The van der Waals surface area contributed by atoms with Crippen LogP contribution in [0.25, 0.3) is 0 Å². The van der Waals surface area contributed by atoms with Gasteiger partial charge in [0.25, 0.3) is 0 Å². The van der Waals surface area contributed by atoms with Gasteiger partial charge in [-0.3, -0.25) is 0 Å². The zero-order chi connectivity index (χ0) is 15.5. The average molecular weight is 318 g/mol. The van der Waals surface area contributed by atoms with Crippen LogP contribution in [0, 0.1) is 11.8 Å². The highest BCUT2D eigenvalue weighted by Crippen LogP contribution is 2.44. The van der Waals surface area contributed by atoms with Crippen LogP contribution in [-0.2, 0) is 4.74 Å². The molecule has 2 aliphatic rings. The summed E-state index contributed by atoms with van der Waals surface area (Å²) in [7, 11) is 0. The first-order chi connectivity index (χ1) is 10.7. The van der Waals surface area contributed by atoms with Gasteiger partial charge in [-0.15, -0.1) is 0 Å². The van der Waals surface area contributed by atoms with Crippen molar-refractivity contribution in [2.24, 2.45) is 11.8 Å². The molecule has 3 atom stereocenters. The minimum absolute atomic E-state index is 0.307. The van der Waals surface area contributed by atoms with Crippen LogP contribution in [0.3, 0.4) is 0 Å². The van der Waals surface area contributed by atoms with Crippen LogP contribution in [0.4, 0.5) is 5.69 Å². The summed E-state index contributed by atoms with van der Waals surface area (Å²) in [5.41, 5.74) is 1.35. The third-order valence-electron chi connectivity index (χ3n) is 4.69. The Morgan fingerprint density at radius 3 is 2.91 bits per heavy atom. The lowest BCUT2D eigenvalue weighted by molar-refractivity contribution is 0.0526. The quantitative estimate of drug-likeness (QED) is 0.659. The van der Waals surface area contributed by atoms with Gasteiger partial charge in [0, 0.05) is 11.7 Å². The van der Waals surface area contributed by atoms with E-state index in [2.05, 4.69) is 10.6 Å². The molecule has 1 aromatic carbocycles. The second kappa shape index (κ2) is 6.65. The summed E-state index contributed by atoms with van der Waals surface area (Å²) >= 11 is 5.41. The van der Waals surface area contributed by atoms with Gasteiger partial charge in [-0.2, -0.15) is 0 Å². The summed E-state index contributed by atoms with van der Waals surface area (Å²) in [5, 5.41) is 7.25. The van der Waals surface area contributed by atoms with Gasteiger partial charge >= 0.3 is 5.97 Å². The van der Waals surface area contributed by atoms with Crippen LogP contribution >= 0.6 is 12.2 Å². The minimum atomic E-state index is -0.307. The van der Waals surface area contributed by atoms with Crippen molar-refractivity contribution in [3.05, 3.63) is 29.8 Å². The van der Waals surface area contributed by atoms with E-state index in [0.717, 1.165) is 17.5 Å². The molecular weight excluding hydrogens is 296 g/mol. The van der Waals surface area contributed by atoms with E-state index in [1.807, 2.05) is 12.1 Å². The fourth-order valence-corrected chi connectivity index (χ4v) is 3.96. The first-order valence-electron chi connectivity index (χ1n) is 8.00. The number of carbonyl (C=O) groups is 1. The summed E-state index contributed by atoms with van der Waals surface area (Å²) in [5.74, 6) is 1.35. The van der Waals surface area contributed by atoms with Crippen LogP contribution in [-0.4, -0.2) is 23.7 Å². The van der Waals surface area contributed by atoms with Crippen molar-refractivity contribution in [3.63, 3.8) is 0 Å². The zero-order valence-corrected chi connectivity index (χ0v) is 13.6. The molecular formula is C17H22N2O2S. The third-order valence-corrected chi connectivity index (χ3v) is 4.91. The molecule has 2 saturated carbocycles. The van der Waals surface area contributed by atoms with Crippen molar-refractivity contribution in [3.8, 4) is 0 Å². The Kier molecular flexibility index (Phi) is 4.62. The standard InChI is InChI=1S/C17H22N2O2S/c1-2-21-16(20)13-4-3-5-14(10-13)18-17(22)19-15-9-11-6-7-12(15)8-11/h3-5,10-12,15H,2,6-9H2,1H3,(H2,18,19,22)/t11-,12-,15-/m1/s1. The molecule has 4 nitrogen and oxygen atoms in total. The molecule has 22 heavy (non-hydrogen) atoms. The van der Waals surface area contributed by atoms with Gasteiger partial charge < -0.3 is 15.4 Å². The maximum atomic E-state index is 11.7. The number of anilines is 1. The molecule has 0 heterocycles. The number of esters is 1. The molecule has 2 fully saturated rings. The molecule has 0 aliphatic heterocycles. The number of nitrogens with one attached hydrogen (secondary N) is 2. The Morgan fingerprint density at radius 1 is 1.36 bits per heavy atom. The van der Waals surface area contributed by atoms with Crippen molar-refractivity contribution in [1.82, 2.24) is 5.32 Å². The van der Waals surface area contributed by atoms with Gasteiger partial charge in [0.15, 0.2) is 5.11 Å². The largest absolute Gasteiger partial charge is 0.462 e. The molecule has 0 radical (unpaired) electrons. The number of fused-ring (bicyclic) bond motifs is 2. The van der Waals surface area contributed by atoms with Crippen LogP contribution in [0.1, 0.15) is 43.0 Å².